The van der Waals surface area contributed by atoms with Crippen LogP contribution in [0.25, 0.3) is 0 Å². The average molecular weight is 479 g/mol. The molecule has 0 N–H and O–H groups in total. The van der Waals surface area contributed by atoms with E-state index in [2.05, 4.69) is 15.0 Å². The second kappa shape index (κ2) is 9.60. The molecule has 31 heavy (non-hydrogen) atoms. The molecule has 0 spiro atoms. The Balaban J connectivity index is 2.23. The Morgan fingerprint density at radius 1 is 1.29 bits per heavy atom. The van der Waals surface area contributed by atoms with E-state index in [1.165, 1.54) is 17.5 Å². The summed E-state index contributed by atoms with van der Waals surface area (Å²) in [5.41, 5.74) is -3.89. The number of carbonyl (C=O) groups is 1. The van der Waals surface area contributed by atoms with Gasteiger partial charge in [0, 0.05) is 29.4 Å². The SMILES string of the molecule is CC(C)Cc1c(C(=O)OCc2nccs2)c(C(F)F)nc(C(F)(F)F)c1C1=NCCS1. The van der Waals surface area contributed by atoms with E-state index in [4.69, 9.17) is 4.74 Å². The van der Waals surface area contributed by atoms with Crippen LogP contribution in [0.2, 0.25) is 0 Å². The van der Waals surface area contributed by atoms with E-state index < -0.39 is 41.1 Å². The lowest BCUT2D eigenvalue weighted by molar-refractivity contribution is -0.141. The molecule has 1 aliphatic heterocycles. The van der Waals surface area contributed by atoms with Crippen LogP contribution in [0.5, 0.6) is 0 Å². The molecule has 2 aromatic rings. The fourth-order valence-corrected chi connectivity index (χ4v) is 4.55. The molecule has 0 aromatic carbocycles. The highest BCUT2D eigenvalue weighted by atomic mass is 32.2. The zero-order chi connectivity index (χ0) is 22.8. The molecule has 0 saturated heterocycles. The van der Waals surface area contributed by atoms with Crippen LogP contribution < -0.4 is 0 Å². The molecule has 0 aliphatic carbocycles. The van der Waals surface area contributed by atoms with Gasteiger partial charge in [0.1, 0.15) is 22.4 Å². The Morgan fingerprint density at radius 2 is 2.03 bits per heavy atom. The van der Waals surface area contributed by atoms with Crippen LogP contribution in [0.4, 0.5) is 22.0 Å². The van der Waals surface area contributed by atoms with E-state index in [0.717, 1.165) is 11.8 Å². The fraction of sp³-hybridized carbons (Fsp3) is 0.474. The Labute approximate surface area is 183 Å². The van der Waals surface area contributed by atoms with Gasteiger partial charge in [-0.25, -0.2) is 23.5 Å². The molecule has 0 amide bonds. The average Bonchev–Trinajstić information content (AvgIpc) is 3.37. The quantitative estimate of drug-likeness (QED) is 0.385. The maximum absolute atomic E-state index is 13.8. The summed E-state index contributed by atoms with van der Waals surface area (Å²) in [6, 6.07) is 0. The van der Waals surface area contributed by atoms with E-state index in [1.54, 1.807) is 19.2 Å². The third-order valence-electron chi connectivity index (χ3n) is 4.23. The van der Waals surface area contributed by atoms with E-state index in [1.807, 2.05) is 0 Å². The Hall–Kier alpha value is -2.08. The summed E-state index contributed by atoms with van der Waals surface area (Å²) < 4.78 is 74.3. The van der Waals surface area contributed by atoms with Crippen LogP contribution in [0.15, 0.2) is 16.6 Å². The lowest BCUT2D eigenvalue weighted by Gasteiger charge is -2.22. The number of nitrogens with zero attached hydrogens (tertiary/aromatic N) is 3. The summed E-state index contributed by atoms with van der Waals surface area (Å²) in [6.07, 6.45) is -6.97. The van der Waals surface area contributed by atoms with Gasteiger partial charge in [0.2, 0.25) is 0 Å². The third kappa shape index (κ3) is 5.40. The van der Waals surface area contributed by atoms with Crippen LogP contribution in [-0.2, 0) is 23.9 Å². The summed E-state index contributed by atoms with van der Waals surface area (Å²) in [6.45, 7) is 3.44. The van der Waals surface area contributed by atoms with Crippen molar-refractivity contribution >= 4 is 34.1 Å². The molecule has 5 nitrogen and oxygen atoms in total. The largest absolute Gasteiger partial charge is 0.455 e. The monoisotopic (exact) mass is 479 g/mol. The number of aliphatic imine (C=N–C) groups is 1. The highest BCUT2D eigenvalue weighted by Gasteiger charge is 2.42. The molecule has 0 radical (unpaired) electrons. The second-order valence-corrected chi connectivity index (χ2v) is 9.07. The molecule has 3 heterocycles. The second-order valence-electron chi connectivity index (χ2n) is 7.01. The van der Waals surface area contributed by atoms with Crippen molar-refractivity contribution in [2.24, 2.45) is 10.9 Å². The van der Waals surface area contributed by atoms with Gasteiger partial charge in [0.05, 0.1) is 5.56 Å². The number of hydrogen-bond acceptors (Lipinski definition) is 7. The number of thiazole rings is 1. The number of hydrogen-bond donors (Lipinski definition) is 0. The molecule has 0 saturated carbocycles. The van der Waals surface area contributed by atoms with Crippen LogP contribution in [0.1, 0.15) is 58.2 Å². The zero-order valence-electron chi connectivity index (χ0n) is 16.5. The van der Waals surface area contributed by atoms with Gasteiger partial charge >= 0.3 is 12.1 Å². The minimum absolute atomic E-state index is 0.0465. The van der Waals surface area contributed by atoms with Gasteiger partial charge in [-0.15, -0.1) is 23.1 Å². The number of aromatic nitrogens is 2. The van der Waals surface area contributed by atoms with Crippen LogP contribution in [0.3, 0.4) is 0 Å². The highest BCUT2D eigenvalue weighted by molar-refractivity contribution is 8.14. The van der Waals surface area contributed by atoms with Crippen LogP contribution in [-0.4, -0.2) is 33.3 Å². The molecule has 12 heteroatoms. The first-order chi connectivity index (χ1) is 14.6. The number of halogens is 5. The first-order valence-electron chi connectivity index (χ1n) is 9.24. The minimum Gasteiger partial charge on any atom is -0.455 e. The molecule has 0 fully saturated rings. The van der Waals surface area contributed by atoms with Gasteiger partial charge in [-0.05, 0) is 17.9 Å². The molecule has 2 aromatic heterocycles. The van der Waals surface area contributed by atoms with Gasteiger partial charge < -0.3 is 4.74 Å². The van der Waals surface area contributed by atoms with Crippen molar-refractivity contribution in [1.29, 1.82) is 0 Å². The topological polar surface area (TPSA) is 64.4 Å². The van der Waals surface area contributed by atoms with Crippen molar-refractivity contribution in [2.45, 2.75) is 39.5 Å². The maximum atomic E-state index is 13.8. The lowest BCUT2D eigenvalue weighted by atomic mass is 9.91. The first kappa shape index (κ1) is 23.6. The van der Waals surface area contributed by atoms with Crippen molar-refractivity contribution in [2.75, 3.05) is 12.3 Å². The molecule has 3 rings (SSSR count). The number of esters is 1. The van der Waals surface area contributed by atoms with Gasteiger partial charge in [0.25, 0.3) is 6.43 Å². The first-order valence-corrected chi connectivity index (χ1v) is 11.1. The highest BCUT2D eigenvalue weighted by Crippen LogP contribution is 2.40. The number of rotatable bonds is 7. The van der Waals surface area contributed by atoms with E-state index in [9.17, 15) is 26.7 Å². The molecular weight excluding hydrogens is 461 g/mol. The van der Waals surface area contributed by atoms with Crippen molar-refractivity contribution in [3.05, 3.63) is 44.7 Å². The fourth-order valence-electron chi connectivity index (χ4n) is 3.10. The Bertz CT molecular complexity index is 976. The normalized spacial score (nSPS) is 14.4. The van der Waals surface area contributed by atoms with E-state index in [0.29, 0.717) is 17.3 Å². The number of carbonyl (C=O) groups excluding carboxylic acids is 1. The number of alkyl halides is 5. The van der Waals surface area contributed by atoms with Crippen molar-refractivity contribution in [3.63, 3.8) is 0 Å². The Kier molecular flexibility index (Phi) is 7.30. The van der Waals surface area contributed by atoms with Crippen molar-refractivity contribution in [1.82, 2.24) is 9.97 Å². The van der Waals surface area contributed by atoms with Gasteiger partial charge in [-0.1, -0.05) is 13.8 Å². The summed E-state index contributed by atoms with van der Waals surface area (Å²) >= 11 is 2.27. The number of thioether (sulfide) groups is 1. The Morgan fingerprint density at radius 3 is 2.55 bits per heavy atom. The maximum Gasteiger partial charge on any atom is 0.434 e. The van der Waals surface area contributed by atoms with Crippen LogP contribution >= 0.6 is 23.1 Å². The molecule has 1 aliphatic rings. The summed E-state index contributed by atoms with van der Waals surface area (Å²) in [5.74, 6) is -0.939. The van der Waals surface area contributed by atoms with Gasteiger partial charge in [-0.3, -0.25) is 4.99 Å². The molecular formula is C19H18F5N3O2S2. The number of ether oxygens (including phenoxy) is 1. The summed E-state index contributed by atoms with van der Waals surface area (Å²) in [5, 5.41) is 2.11. The van der Waals surface area contributed by atoms with Crippen molar-refractivity contribution in [3.8, 4) is 0 Å². The predicted molar refractivity (Wildman–Crippen MR) is 108 cm³/mol. The third-order valence-corrected chi connectivity index (χ3v) is 5.98. The zero-order valence-corrected chi connectivity index (χ0v) is 18.1. The summed E-state index contributed by atoms with van der Waals surface area (Å²) in [4.78, 5) is 24.1. The van der Waals surface area contributed by atoms with E-state index >= 15 is 0 Å². The lowest BCUT2D eigenvalue weighted by Crippen LogP contribution is -2.24. The number of pyridine rings is 1. The van der Waals surface area contributed by atoms with Crippen molar-refractivity contribution < 1.29 is 31.5 Å². The molecule has 0 unspecified atom stereocenters. The smallest absolute Gasteiger partial charge is 0.434 e. The minimum atomic E-state index is -5.00. The van der Waals surface area contributed by atoms with Crippen LogP contribution in [0, 0.1) is 5.92 Å². The molecule has 0 atom stereocenters. The molecule has 0 bridgehead atoms. The van der Waals surface area contributed by atoms with Gasteiger partial charge in [-0.2, -0.15) is 13.2 Å². The molecule has 168 valence electrons. The van der Waals surface area contributed by atoms with Gasteiger partial charge in [0.15, 0.2) is 5.69 Å². The summed E-state index contributed by atoms with van der Waals surface area (Å²) in [7, 11) is 0. The predicted octanol–water partition coefficient (Wildman–Crippen LogP) is 5.54. The standard InChI is InChI=1S/C19H18F5N3O2S2/c1-9(2)7-10-12(18(28)29-8-11-25-3-5-30-11)14(16(20)21)27-15(19(22,23)24)13(10)17-26-4-6-31-17/h3,5,9,16H,4,6-8H2,1-2H3. The van der Waals surface area contributed by atoms with E-state index in [-0.39, 0.29) is 29.6 Å².